The smallest absolute Gasteiger partial charge is 0.408 e. The van der Waals surface area contributed by atoms with Crippen LogP contribution in [0.5, 0.6) is 0 Å². The number of carboxylic acid groups (broad SMARTS) is 1. The summed E-state index contributed by atoms with van der Waals surface area (Å²) in [5.74, 6) is -1.21. The molecule has 5 rings (SSSR count). The Balaban J connectivity index is 1.26. The highest BCUT2D eigenvalue weighted by Gasteiger charge is 2.54. The molecule has 2 fully saturated rings. The van der Waals surface area contributed by atoms with Gasteiger partial charge in [-0.3, -0.25) is 9.59 Å². The van der Waals surface area contributed by atoms with E-state index in [1.807, 2.05) is 38.1 Å². The number of hydrogen-bond donors (Lipinski definition) is 2. The first-order valence-electron chi connectivity index (χ1n) is 12.4. The summed E-state index contributed by atoms with van der Waals surface area (Å²) in [6.45, 7) is 4.51. The van der Waals surface area contributed by atoms with E-state index in [2.05, 4.69) is 29.6 Å². The van der Waals surface area contributed by atoms with E-state index in [1.165, 1.54) is 0 Å². The van der Waals surface area contributed by atoms with E-state index < -0.39 is 23.0 Å². The van der Waals surface area contributed by atoms with Crippen LogP contribution >= 0.6 is 0 Å². The normalized spacial score (nSPS) is 22.3. The van der Waals surface area contributed by atoms with Crippen molar-refractivity contribution in [2.45, 2.75) is 51.0 Å². The number of carbonyl (C=O) groups excluding carboxylic acids is 2. The maximum absolute atomic E-state index is 13.5. The summed E-state index contributed by atoms with van der Waals surface area (Å²) in [5.41, 5.74) is 2.63. The number of likely N-dealkylation sites (tertiary alicyclic amines) is 1. The number of fused-ring (bicyclic) bond motifs is 3. The Hall–Kier alpha value is -3.35. The van der Waals surface area contributed by atoms with Crippen LogP contribution in [0.2, 0.25) is 0 Å². The summed E-state index contributed by atoms with van der Waals surface area (Å²) in [5, 5.41) is 12.7. The second-order valence-corrected chi connectivity index (χ2v) is 10.5. The number of carboxylic acids is 1. The standard InChI is InChI=1S/C28H32N2O5/c1-18(2)27(25(32)33)14-15-30(17-27)24(31)28(12-7-13-28)29-26(34)35-16-23-21-10-5-3-8-19(21)20-9-4-6-11-22(20)23/h3-6,8-11,18,23H,7,12-17H2,1-2H3,(H,29,34)(H,32,33). The van der Waals surface area contributed by atoms with Gasteiger partial charge in [0.25, 0.3) is 0 Å². The predicted octanol–water partition coefficient (Wildman–Crippen LogP) is 4.41. The molecule has 35 heavy (non-hydrogen) atoms. The van der Waals surface area contributed by atoms with Crippen LogP contribution < -0.4 is 5.32 Å². The van der Waals surface area contributed by atoms with Gasteiger partial charge < -0.3 is 20.1 Å². The van der Waals surface area contributed by atoms with Crippen LogP contribution in [0.25, 0.3) is 11.1 Å². The lowest BCUT2D eigenvalue weighted by molar-refractivity contribution is -0.152. The van der Waals surface area contributed by atoms with Crippen molar-refractivity contribution in [2.75, 3.05) is 19.7 Å². The van der Waals surface area contributed by atoms with E-state index in [0.717, 1.165) is 28.7 Å². The Bertz CT molecular complexity index is 1130. The molecule has 1 heterocycles. The van der Waals surface area contributed by atoms with Crippen LogP contribution in [-0.2, 0) is 14.3 Å². The zero-order chi connectivity index (χ0) is 24.8. The number of amides is 2. The van der Waals surface area contributed by atoms with Gasteiger partial charge in [-0.2, -0.15) is 0 Å². The summed E-state index contributed by atoms with van der Waals surface area (Å²) in [6, 6.07) is 16.3. The Morgan fingerprint density at radius 1 is 1.03 bits per heavy atom. The molecule has 2 aromatic carbocycles. The monoisotopic (exact) mass is 476 g/mol. The molecule has 3 aliphatic rings. The number of rotatable bonds is 6. The quantitative estimate of drug-likeness (QED) is 0.644. The molecule has 2 aromatic rings. The van der Waals surface area contributed by atoms with E-state index in [9.17, 15) is 19.5 Å². The SMILES string of the molecule is CC(C)C1(C(=O)O)CCN(C(=O)C2(NC(=O)OCC3c4ccccc4-c4ccccc43)CCC2)C1. The van der Waals surface area contributed by atoms with Gasteiger partial charge >= 0.3 is 12.1 Å². The Morgan fingerprint density at radius 3 is 2.11 bits per heavy atom. The van der Waals surface area contributed by atoms with Gasteiger partial charge in [-0.05, 0) is 53.9 Å². The number of alkyl carbamates (subject to hydrolysis) is 1. The molecule has 184 valence electrons. The van der Waals surface area contributed by atoms with Gasteiger partial charge in [-0.1, -0.05) is 62.4 Å². The largest absolute Gasteiger partial charge is 0.481 e. The van der Waals surface area contributed by atoms with Gasteiger partial charge in [0.1, 0.15) is 12.1 Å². The first-order valence-corrected chi connectivity index (χ1v) is 12.4. The Kier molecular flexibility index (Phi) is 5.82. The molecule has 1 aliphatic heterocycles. The summed E-state index contributed by atoms with van der Waals surface area (Å²) < 4.78 is 5.69. The minimum absolute atomic E-state index is 0.0537. The van der Waals surface area contributed by atoms with Gasteiger partial charge in [0.2, 0.25) is 5.91 Å². The topological polar surface area (TPSA) is 95.9 Å². The van der Waals surface area contributed by atoms with Gasteiger partial charge in [0.05, 0.1) is 5.41 Å². The second-order valence-electron chi connectivity index (χ2n) is 10.5. The predicted molar refractivity (Wildman–Crippen MR) is 131 cm³/mol. The minimum atomic E-state index is -1.01. The lowest BCUT2D eigenvalue weighted by atomic mass is 9.75. The van der Waals surface area contributed by atoms with Crippen molar-refractivity contribution in [1.82, 2.24) is 10.2 Å². The van der Waals surface area contributed by atoms with E-state index >= 15 is 0 Å². The van der Waals surface area contributed by atoms with Crippen LogP contribution in [0.15, 0.2) is 48.5 Å². The number of nitrogens with zero attached hydrogens (tertiary/aromatic N) is 1. The number of hydrogen-bond acceptors (Lipinski definition) is 4. The van der Waals surface area contributed by atoms with Crippen molar-refractivity contribution in [3.05, 3.63) is 59.7 Å². The molecule has 7 heteroatoms. The maximum Gasteiger partial charge on any atom is 0.408 e. The molecule has 1 saturated heterocycles. The molecule has 2 amide bonds. The fourth-order valence-electron chi connectivity index (χ4n) is 5.95. The van der Waals surface area contributed by atoms with Crippen molar-refractivity contribution >= 4 is 18.0 Å². The second kappa shape index (κ2) is 8.70. The average molecular weight is 477 g/mol. The highest BCUT2D eigenvalue weighted by atomic mass is 16.5. The summed E-state index contributed by atoms with van der Waals surface area (Å²) >= 11 is 0. The van der Waals surface area contributed by atoms with Crippen molar-refractivity contribution < 1.29 is 24.2 Å². The highest BCUT2D eigenvalue weighted by Crippen LogP contribution is 2.45. The number of carbonyl (C=O) groups is 3. The van der Waals surface area contributed by atoms with Gasteiger partial charge in [-0.25, -0.2) is 4.79 Å². The van der Waals surface area contributed by atoms with Crippen molar-refractivity contribution in [2.24, 2.45) is 11.3 Å². The van der Waals surface area contributed by atoms with Gasteiger partial charge in [0, 0.05) is 19.0 Å². The molecular weight excluding hydrogens is 444 g/mol. The third-order valence-corrected chi connectivity index (χ3v) is 8.42. The van der Waals surface area contributed by atoms with Gasteiger partial charge in [-0.15, -0.1) is 0 Å². The Labute approximate surface area is 205 Å². The summed E-state index contributed by atoms with van der Waals surface area (Å²) in [7, 11) is 0. The molecule has 0 spiro atoms. The third-order valence-electron chi connectivity index (χ3n) is 8.42. The first-order chi connectivity index (χ1) is 16.8. The van der Waals surface area contributed by atoms with Gasteiger partial charge in [0.15, 0.2) is 0 Å². The average Bonchev–Trinajstić information content (AvgIpc) is 3.41. The number of aliphatic carboxylic acids is 1. The lowest BCUT2D eigenvalue weighted by Gasteiger charge is -2.43. The van der Waals surface area contributed by atoms with Crippen molar-refractivity contribution in [3.8, 4) is 11.1 Å². The summed E-state index contributed by atoms with van der Waals surface area (Å²) in [6.07, 6.45) is 1.72. The first kappa shape index (κ1) is 23.4. The molecule has 0 radical (unpaired) electrons. The highest BCUT2D eigenvalue weighted by molar-refractivity contribution is 5.92. The number of nitrogens with one attached hydrogen (secondary N) is 1. The van der Waals surface area contributed by atoms with Crippen molar-refractivity contribution in [3.63, 3.8) is 0 Å². The van der Waals surface area contributed by atoms with Crippen LogP contribution in [0.4, 0.5) is 4.79 Å². The van der Waals surface area contributed by atoms with Crippen LogP contribution in [0.1, 0.15) is 56.6 Å². The lowest BCUT2D eigenvalue weighted by Crippen LogP contribution is -2.63. The molecule has 1 unspecified atom stereocenters. The molecule has 2 aliphatic carbocycles. The summed E-state index contributed by atoms with van der Waals surface area (Å²) in [4.78, 5) is 40.0. The van der Waals surface area contributed by atoms with Crippen molar-refractivity contribution in [1.29, 1.82) is 0 Å². The van der Waals surface area contributed by atoms with Crippen LogP contribution in [0, 0.1) is 11.3 Å². The van der Waals surface area contributed by atoms with E-state index in [0.29, 0.717) is 25.8 Å². The molecule has 1 saturated carbocycles. The minimum Gasteiger partial charge on any atom is -0.481 e. The Morgan fingerprint density at radius 2 is 1.63 bits per heavy atom. The molecule has 0 bridgehead atoms. The maximum atomic E-state index is 13.5. The third kappa shape index (κ3) is 3.77. The van der Waals surface area contributed by atoms with Crippen LogP contribution in [0.3, 0.4) is 0 Å². The fraction of sp³-hybridized carbons (Fsp3) is 0.464. The molecule has 7 nitrogen and oxygen atoms in total. The number of benzene rings is 2. The fourth-order valence-corrected chi connectivity index (χ4v) is 5.95. The zero-order valence-electron chi connectivity index (χ0n) is 20.3. The molecule has 0 aromatic heterocycles. The molecular formula is C28H32N2O5. The van der Waals surface area contributed by atoms with E-state index in [1.54, 1.807) is 4.90 Å². The van der Waals surface area contributed by atoms with Crippen LogP contribution in [-0.4, -0.2) is 53.2 Å². The number of ether oxygens (including phenoxy) is 1. The van der Waals surface area contributed by atoms with E-state index in [-0.39, 0.29) is 30.9 Å². The molecule has 1 atom stereocenters. The van der Waals surface area contributed by atoms with E-state index in [4.69, 9.17) is 4.74 Å². The molecule has 2 N–H and O–H groups in total. The zero-order valence-corrected chi connectivity index (χ0v) is 20.3.